The van der Waals surface area contributed by atoms with Crippen LogP contribution in [0.25, 0.3) is 0 Å². The molecule has 0 aliphatic heterocycles. The molecule has 1 rings (SSSR count). The van der Waals surface area contributed by atoms with Crippen LogP contribution >= 0.6 is 0 Å². The lowest BCUT2D eigenvalue weighted by Crippen LogP contribution is -2.23. The first-order chi connectivity index (χ1) is 8.27. The number of hydrogen-bond donors (Lipinski definition) is 1. The standard InChI is InChI=1S/C13H23N3O/c1-4-8-15-12(6-5-10-17-3)13-7-9-14-11(2)16-13/h7,9,12,15H,4-6,8,10H2,1-3H3. The van der Waals surface area contributed by atoms with E-state index in [0.717, 1.165) is 43.9 Å². The number of hydrogen-bond acceptors (Lipinski definition) is 4. The predicted octanol–water partition coefficient (Wildman–Crippen LogP) is 2.25. The van der Waals surface area contributed by atoms with E-state index in [1.807, 2.05) is 19.2 Å². The van der Waals surface area contributed by atoms with E-state index in [0.29, 0.717) is 6.04 Å². The highest BCUT2D eigenvalue weighted by atomic mass is 16.5. The Morgan fingerprint density at radius 3 is 2.94 bits per heavy atom. The van der Waals surface area contributed by atoms with Gasteiger partial charge in [0.25, 0.3) is 0 Å². The van der Waals surface area contributed by atoms with E-state index >= 15 is 0 Å². The maximum absolute atomic E-state index is 5.10. The molecule has 4 nitrogen and oxygen atoms in total. The molecule has 0 fully saturated rings. The highest BCUT2D eigenvalue weighted by molar-refractivity contribution is 5.07. The van der Waals surface area contributed by atoms with Crippen molar-refractivity contribution in [3.05, 3.63) is 23.8 Å². The topological polar surface area (TPSA) is 47.0 Å². The minimum absolute atomic E-state index is 0.312. The van der Waals surface area contributed by atoms with Crippen molar-refractivity contribution >= 4 is 0 Å². The third kappa shape index (κ3) is 5.24. The minimum Gasteiger partial charge on any atom is -0.385 e. The van der Waals surface area contributed by atoms with Gasteiger partial charge in [-0.3, -0.25) is 0 Å². The molecule has 17 heavy (non-hydrogen) atoms. The number of ether oxygens (including phenoxy) is 1. The van der Waals surface area contributed by atoms with Gasteiger partial charge in [-0.25, -0.2) is 9.97 Å². The molecule has 4 heteroatoms. The first kappa shape index (κ1) is 14.1. The number of methoxy groups -OCH3 is 1. The second-order valence-corrected chi connectivity index (χ2v) is 4.17. The summed E-state index contributed by atoms with van der Waals surface area (Å²) in [5, 5.41) is 3.53. The van der Waals surface area contributed by atoms with Crippen LogP contribution in [0.2, 0.25) is 0 Å². The molecule has 0 bridgehead atoms. The van der Waals surface area contributed by atoms with Gasteiger partial charge in [-0.1, -0.05) is 6.92 Å². The zero-order valence-corrected chi connectivity index (χ0v) is 11.1. The van der Waals surface area contributed by atoms with Crippen LogP contribution in [0.5, 0.6) is 0 Å². The van der Waals surface area contributed by atoms with E-state index in [9.17, 15) is 0 Å². The van der Waals surface area contributed by atoms with Crippen LogP contribution in [0.4, 0.5) is 0 Å². The van der Waals surface area contributed by atoms with E-state index in [4.69, 9.17) is 4.74 Å². The fraction of sp³-hybridized carbons (Fsp3) is 0.692. The second-order valence-electron chi connectivity index (χ2n) is 4.17. The summed E-state index contributed by atoms with van der Waals surface area (Å²) in [6, 6.07) is 2.31. The van der Waals surface area contributed by atoms with Crippen LogP contribution in [0.1, 0.15) is 43.7 Å². The van der Waals surface area contributed by atoms with Gasteiger partial charge < -0.3 is 10.1 Å². The van der Waals surface area contributed by atoms with Gasteiger partial charge in [0.05, 0.1) is 5.69 Å². The van der Waals surface area contributed by atoms with Crippen LogP contribution in [0.15, 0.2) is 12.3 Å². The van der Waals surface area contributed by atoms with E-state index in [2.05, 4.69) is 22.2 Å². The Balaban J connectivity index is 2.60. The van der Waals surface area contributed by atoms with Gasteiger partial charge in [0, 0.05) is 26.0 Å². The molecule has 1 unspecified atom stereocenters. The summed E-state index contributed by atoms with van der Waals surface area (Å²) in [5.74, 6) is 0.831. The first-order valence-electron chi connectivity index (χ1n) is 6.29. The number of aromatic nitrogens is 2. The van der Waals surface area contributed by atoms with Gasteiger partial charge >= 0.3 is 0 Å². The lowest BCUT2D eigenvalue weighted by molar-refractivity contribution is 0.188. The van der Waals surface area contributed by atoms with Crippen molar-refractivity contribution in [3.63, 3.8) is 0 Å². The van der Waals surface area contributed by atoms with Crippen LogP contribution in [0, 0.1) is 6.92 Å². The lowest BCUT2D eigenvalue weighted by Gasteiger charge is -2.18. The maximum Gasteiger partial charge on any atom is 0.125 e. The Bertz CT molecular complexity index is 317. The summed E-state index contributed by atoms with van der Waals surface area (Å²) in [5.41, 5.74) is 1.09. The predicted molar refractivity (Wildman–Crippen MR) is 68.9 cm³/mol. The van der Waals surface area contributed by atoms with Gasteiger partial charge in [-0.15, -0.1) is 0 Å². The summed E-state index contributed by atoms with van der Waals surface area (Å²) in [7, 11) is 1.74. The minimum atomic E-state index is 0.312. The SMILES string of the molecule is CCCNC(CCCOC)c1ccnc(C)n1. The molecule has 0 radical (unpaired) electrons. The average Bonchev–Trinajstić information content (AvgIpc) is 2.33. The normalized spacial score (nSPS) is 12.6. The molecule has 1 atom stereocenters. The van der Waals surface area contributed by atoms with Crippen molar-refractivity contribution in [1.82, 2.24) is 15.3 Å². The van der Waals surface area contributed by atoms with Crippen molar-refractivity contribution in [3.8, 4) is 0 Å². The van der Waals surface area contributed by atoms with Gasteiger partial charge in [0.15, 0.2) is 0 Å². The Morgan fingerprint density at radius 1 is 1.47 bits per heavy atom. The number of nitrogens with one attached hydrogen (secondary N) is 1. The van der Waals surface area contributed by atoms with Crippen LogP contribution in [-0.2, 0) is 4.74 Å². The molecule has 0 aliphatic carbocycles. The average molecular weight is 237 g/mol. The molecule has 1 heterocycles. The van der Waals surface area contributed by atoms with Crippen molar-refractivity contribution in [2.24, 2.45) is 0 Å². The first-order valence-corrected chi connectivity index (χ1v) is 6.29. The quantitative estimate of drug-likeness (QED) is 0.704. The van der Waals surface area contributed by atoms with E-state index in [-0.39, 0.29) is 0 Å². The maximum atomic E-state index is 5.10. The fourth-order valence-corrected chi connectivity index (χ4v) is 1.77. The van der Waals surface area contributed by atoms with Crippen molar-refractivity contribution in [2.45, 2.75) is 39.2 Å². The smallest absolute Gasteiger partial charge is 0.125 e. The molecule has 0 aromatic carbocycles. The zero-order chi connectivity index (χ0) is 12.5. The molecule has 0 aliphatic rings. The van der Waals surface area contributed by atoms with Crippen molar-refractivity contribution < 1.29 is 4.74 Å². The Morgan fingerprint density at radius 2 is 2.29 bits per heavy atom. The molecule has 0 spiro atoms. The second kappa shape index (κ2) is 8.14. The monoisotopic (exact) mass is 237 g/mol. The third-order valence-electron chi connectivity index (χ3n) is 2.64. The molecule has 1 N–H and O–H groups in total. The Hall–Kier alpha value is -1.00. The molecule has 0 saturated heterocycles. The Kier molecular flexibility index (Phi) is 6.74. The van der Waals surface area contributed by atoms with Gasteiger partial charge in [-0.2, -0.15) is 0 Å². The number of rotatable bonds is 8. The molecule has 1 aromatic rings. The summed E-state index contributed by atoms with van der Waals surface area (Å²) in [6.45, 7) is 5.91. The molecule has 0 amide bonds. The van der Waals surface area contributed by atoms with E-state index < -0.39 is 0 Å². The highest BCUT2D eigenvalue weighted by Gasteiger charge is 2.11. The largest absolute Gasteiger partial charge is 0.385 e. The van der Waals surface area contributed by atoms with Gasteiger partial charge in [0.1, 0.15) is 5.82 Å². The van der Waals surface area contributed by atoms with Gasteiger partial charge in [0.2, 0.25) is 0 Å². The lowest BCUT2D eigenvalue weighted by atomic mass is 10.1. The molecule has 96 valence electrons. The fourth-order valence-electron chi connectivity index (χ4n) is 1.77. The zero-order valence-electron chi connectivity index (χ0n) is 11.1. The molecular formula is C13H23N3O. The molecular weight excluding hydrogens is 214 g/mol. The van der Waals surface area contributed by atoms with Crippen molar-refractivity contribution in [2.75, 3.05) is 20.3 Å². The molecule has 0 saturated carbocycles. The van der Waals surface area contributed by atoms with E-state index in [1.54, 1.807) is 7.11 Å². The molecule has 1 aromatic heterocycles. The van der Waals surface area contributed by atoms with E-state index in [1.165, 1.54) is 0 Å². The van der Waals surface area contributed by atoms with Crippen LogP contribution < -0.4 is 5.32 Å². The highest BCUT2D eigenvalue weighted by Crippen LogP contribution is 2.16. The van der Waals surface area contributed by atoms with Crippen LogP contribution in [-0.4, -0.2) is 30.2 Å². The number of nitrogens with zero attached hydrogens (tertiary/aromatic N) is 2. The summed E-state index contributed by atoms with van der Waals surface area (Å²) < 4.78 is 5.10. The van der Waals surface area contributed by atoms with Gasteiger partial charge in [-0.05, 0) is 38.8 Å². The summed E-state index contributed by atoms with van der Waals surface area (Å²) in [6.07, 6.45) is 5.05. The summed E-state index contributed by atoms with van der Waals surface area (Å²) in [4.78, 5) is 8.63. The Labute approximate surface area is 104 Å². The van der Waals surface area contributed by atoms with Crippen LogP contribution in [0.3, 0.4) is 0 Å². The van der Waals surface area contributed by atoms with Crippen molar-refractivity contribution in [1.29, 1.82) is 0 Å². The third-order valence-corrected chi connectivity index (χ3v) is 2.64. The number of aryl methyl sites for hydroxylation is 1. The summed E-state index contributed by atoms with van der Waals surface area (Å²) >= 11 is 0.